The molecule has 0 aliphatic heterocycles. The van der Waals surface area contributed by atoms with Gasteiger partial charge in [-0.15, -0.1) is 0 Å². The van der Waals surface area contributed by atoms with E-state index in [4.69, 9.17) is 62.6 Å². The Morgan fingerprint density at radius 2 is 0.946 bits per heavy atom. The molecule has 3 atom stereocenters. The molecule has 16 heteroatoms. The van der Waals surface area contributed by atoms with Crippen LogP contribution in [0.3, 0.4) is 0 Å². The minimum absolute atomic E-state index is 0.0309. The zero-order valence-corrected chi connectivity index (χ0v) is 44.8. The third kappa shape index (κ3) is 34.0. The number of carbonyl (C=O) groups is 1. The van der Waals surface area contributed by atoms with E-state index in [9.17, 15) is 4.79 Å². The lowest BCUT2D eigenvalue weighted by Gasteiger charge is -2.32. The van der Waals surface area contributed by atoms with Gasteiger partial charge in [-0.2, -0.15) is 0 Å². The van der Waals surface area contributed by atoms with Crippen molar-refractivity contribution in [2.45, 2.75) is 234 Å². The van der Waals surface area contributed by atoms with E-state index >= 15 is 0 Å². The minimum Gasteiger partial charge on any atom is -0.320 e. The van der Waals surface area contributed by atoms with Gasteiger partial charge >= 0.3 is 0 Å². The molecule has 0 heterocycles. The molecule has 0 aromatic heterocycles. The number of ketones is 1. The Balaban J connectivity index is 6.30. The van der Waals surface area contributed by atoms with Gasteiger partial charge in [0.1, 0.15) is 5.78 Å². The Kier molecular flexibility index (Phi) is 36.4. The summed E-state index contributed by atoms with van der Waals surface area (Å²) >= 11 is 23.3. The number of Topliss-reactive ketones (excluding diaryl/α,β-unsaturated/α-hetero) is 1. The van der Waals surface area contributed by atoms with Crippen molar-refractivity contribution in [1.82, 2.24) is 0 Å². The molecule has 0 bridgehead atoms. The topological polar surface area (TPSA) is 72.5 Å². The lowest BCUT2D eigenvalue weighted by atomic mass is 10.1. The molecule has 56 heavy (non-hydrogen) atoms. The van der Waals surface area contributed by atoms with Gasteiger partial charge in [0.15, 0.2) is 0 Å². The SMILES string of the molecule is CCCCCCCCCCC(CSP(=S)(OC(C)C)OC(C)C)OP(=S)(OCC(CCCCCCCCCC)SP(=S)(OC(C)C)OC(C)C)SCCC(C)=O. The van der Waals surface area contributed by atoms with Gasteiger partial charge in [-0.25, -0.2) is 0 Å². The fraction of sp³-hybridized carbons (Fsp3) is 0.975. The first kappa shape index (κ1) is 58.4. The van der Waals surface area contributed by atoms with Crippen molar-refractivity contribution in [2.24, 2.45) is 0 Å². The molecule has 0 saturated heterocycles. The van der Waals surface area contributed by atoms with E-state index in [1.165, 1.54) is 94.9 Å². The lowest BCUT2D eigenvalue weighted by Crippen LogP contribution is -2.18. The van der Waals surface area contributed by atoms with E-state index in [0.29, 0.717) is 24.5 Å². The van der Waals surface area contributed by atoms with Crippen molar-refractivity contribution in [3.63, 3.8) is 0 Å². The molecule has 336 valence electrons. The molecule has 0 aromatic carbocycles. The summed E-state index contributed by atoms with van der Waals surface area (Å²) in [5.74, 6) is 1.28. The van der Waals surface area contributed by atoms with Crippen molar-refractivity contribution in [3.8, 4) is 0 Å². The summed E-state index contributed by atoms with van der Waals surface area (Å²) in [4.78, 5) is 12.1. The fourth-order valence-corrected chi connectivity index (χ4v) is 23.5. The maximum absolute atomic E-state index is 12.1. The number of rotatable bonds is 40. The molecule has 0 saturated carbocycles. The standard InChI is InChI=1S/C40H83O7P3S6/c1-12-14-16-18-20-22-24-26-28-39(33-55-49(52,43-34(3)4)44-35(5)6)47-48(51,54-31-30-38(11)41)42-32-40(29-27-25-23-21-19-17-15-13-2)56-50(53,45-36(7)8)46-37(9)10/h34-37,39-40H,12-33H2,1-11H3. The normalized spacial score (nSPS) is 15.0. The van der Waals surface area contributed by atoms with Crippen molar-refractivity contribution in [1.29, 1.82) is 0 Å². The van der Waals surface area contributed by atoms with Gasteiger partial charge in [0.2, 0.25) is 17.1 Å². The largest absolute Gasteiger partial charge is 0.320 e. The van der Waals surface area contributed by atoms with Gasteiger partial charge in [-0.3, -0.25) is 4.79 Å². The predicted molar refractivity (Wildman–Crippen MR) is 265 cm³/mol. The van der Waals surface area contributed by atoms with Crippen molar-refractivity contribution in [3.05, 3.63) is 0 Å². The van der Waals surface area contributed by atoms with Crippen LogP contribution < -0.4 is 0 Å². The van der Waals surface area contributed by atoms with Gasteiger partial charge in [-0.05, 0) is 111 Å². The highest BCUT2D eigenvalue weighted by Crippen LogP contribution is 2.68. The Labute approximate surface area is 373 Å². The number of hydrogen-bond donors (Lipinski definition) is 0. The van der Waals surface area contributed by atoms with Crippen LogP contribution in [-0.2, 0) is 67.4 Å². The zero-order chi connectivity index (χ0) is 42.5. The Morgan fingerprint density at radius 1 is 0.536 bits per heavy atom. The van der Waals surface area contributed by atoms with Crippen LogP contribution in [0.4, 0.5) is 0 Å². The molecule has 0 radical (unpaired) electrons. The maximum atomic E-state index is 12.1. The van der Waals surface area contributed by atoms with Crippen LogP contribution in [0.15, 0.2) is 0 Å². The second kappa shape index (κ2) is 34.9. The molecule has 0 fully saturated rings. The molecular weight excluding hydrogens is 878 g/mol. The third-order valence-electron chi connectivity index (χ3n) is 8.22. The molecule has 0 aliphatic rings. The van der Waals surface area contributed by atoms with E-state index in [0.717, 1.165) is 32.1 Å². The number of unbranched alkanes of at least 4 members (excludes halogenated alkanes) is 14. The molecule has 0 N–H and O–H groups in total. The van der Waals surface area contributed by atoms with Gasteiger partial charge < -0.3 is 27.1 Å². The summed E-state index contributed by atoms with van der Waals surface area (Å²) in [5.41, 5.74) is -8.22. The third-order valence-corrected chi connectivity index (χ3v) is 24.9. The van der Waals surface area contributed by atoms with Crippen LogP contribution in [0.25, 0.3) is 0 Å². The first-order valence-corrected chi connectivity index (χ1v) is 34.3. The average molecular weight is 961 g/mol. The summed E-state index contributed by atoms with van der Waals surface area (Å²) in [5, 5.41) is 0.0309. The fourth-order valence-electron chi connectivity index (χ4n) is 5.65. The Hall–Kier alpha value is 2.43. The zero-order valence-electron chi connectivity index (χ0n) is 37.2. The molecule has 7 nitrogen and oxygen atoms in total. The second-order valence-corrected chi connectivity index (χ2v) is 34.9. The average Bonchev–Trinajstić information content (AvgIpc) is 3.06. The van der Waals surface area contributed by atoms with Crippen LogP contribution in [0.5, 0.6) is 0 Å². The van der Waals surface area contributed by atoms with Crippen LogP contribution in [0, 0.1) is 0 Å². The molecule has 0 amide bonds. The molecule has 3 unspecified atom stereocenters. The molecule has 0 rings (SSSR count). The smallest absolute Gasteiger partial charge is 0.248 e. The summed E-state index contributed by atoms with van der Waals surface area (Å²) in [6.45, 7) is 22.6. The molecule has 0 aromatic rings. The van der Waals surface area contributed by atoms with Crippen molar-refractivity contribution >= 4 is 92.4 Å². The lowest BCUT2D eigenvalue weighted by molar-refractivity contribution is -0.116. The predicted octanol–water partition coefficient (Wildman–Crippen LogP) is 16.4. The highest BCUT2D eigenvalue weighted by Gasteiger charge is 2.33. The highest BCUT2D eigenvalue weighted by atomic mass is 32.9. The van der Waals surface area contributed by atoms with Crippen molar-refractivity contribution < 1.29 is 31.9 Å². The summed E-state index contributed by atoms with van der Waals surface area (Å²) in [6.07, 6.45) is 21.6. The molecule has 0 aliphatic carbocycles. The Bertz CT molecular complexity index is 1100. The van der Waals surface area contributed by atoms with Crippen LogP contribution in [0.1, 0.15) is 198 Å². The maximum Gasteiger partial charge on any atom is 0.248 e. The number of hydrogen-bond acceptors (Lipinski definition) is 13. The highest BCUT2D eigenvalue weighted by molar-refractivity contribution is 8.69. The number of carbonyl (C=O) groups excluding carboxylic acids is 1. The monoisotopic (exact) mass is 960 g/mol. The van der Waals surface area contributed by atoms with Gasteiger partial charge in [0.25, 0.3) is 0 Å². The summed E-state index contributed by atoms with van der Waals surface area (Å²) in [7, 11) is 0. The van der Waals surface area contributed by atoms with E-state index in [1.807, 2.05) is 55.4 Å². The van der Waals surface area contributed by atoms with Gasteiger partial charge in [-0.1, -0.05) is 151 Å². The van der Waals surface area contributed by atoms with Crippen molar-refractivity contribution in [2.75, 3.05) is 18.1 Å². The summed E-state index contributed by atoms with van der Waals surface area (Å²) < 4.78 is 39.0. The first-order chi connectivity index (χ1) is 26.4. The van der Waals surface area contributed by atoms with E-state index in [2.05, 4.69) is 13.8 Å². The van der Waals surface area contributed by atoms with E-state index in [1.54, 1.807) is 29.7 Å². The minimum atomic E-state index is -2.91. The molecular formula is C40H83O7P3S6. The first-order valence-electron chi connectivity index (χ1n) is 21.7. The summed E-state index contributed by atoms with van der Waals surface area (Å²) in [6, 6.07) is 0. The molecule has 0 spiro atoms. The Morgan fingerprint density at radius 3 is 1.38 bits per heavy atom. The van der Waals surface area contributed by atoms with Gasteiger partial charge in [0, 0.05) is 23.2 Å². The van der Waals surface area contributed by atoms with Crippen LogP contribution in [0.2, 0.25) is 0 Å². The van der Waals surface area contributed by atoms with E-state index in [-0.39, 0.29) is 41.6 Å². The van der Waals surface area contributed by atoms with E-state index < -0.39 is 17.1 Å². The van der Waals surface area contributed by atoms with Gasteiger partial charge in [0.05, 0.1) is 37.1 Å². The quantitative estimate of drug-likeness (QED) is 0.0433. The second-order valence-electron chi connectivity index (χ2n) is 15.8. The van der Waals surface area contributed by atoms with Crippen LogP contribution >= 0.6 is 51.2 Å². The van der Waals surface area contributed by atoms with Crippen LogP contribution in [-0.4, -0.2) is 59.7 Å².